The summed E-state index contributed by atoms with van der Waals surface area (Å²) >= 11 is 0. The van der Waals surface area contributed by atoms with E-state index in [4.69, 9.17) is 0 Å². The minimum absolute atomic E-state index is 0.0295. The molecule has 2 rings (SSSR count). The molecule has 1 aromatic carbocycles. The molecule has 0 radical (unpaired) electrons. The van der Waals surface area contributed by atoms with E-state index in [0.29, 0.717) is 5.70 Å². The van der Waals surface area contributed by atoms with Gasteiger partial charge >= 0.3 is 0 Å². The SMILES string of the molecule is CC(C)(C)C(=O)/C(=C/c1ccccc1)n1cncn1. The van der Waals surface area contributed by atoms with Crippen molar-refractivity contribution in [3.05, 3.63) is 48.5 Å². The number of ketones is 1. The maximum absolute atomic E-state index is 12.5. The van der Waals surface area contributed by atoms with E-state index in [2.05, 4.69) is 10.1 Å². The third-order valence-electron chi connectivity index (χ3n) is 2.68. The van der Waals surface area contributed by atoms with Crippen LogP contribution >= 0.6 is 0 Å². The molecule has 0 N–H and O–H groups in total. The van der Waals surface area contributed by atoms with Crippen LogP contribution in [0.1, 0.15) is 26.3 Å². The van der Waals surface area contributed by atoms with Crippen LogP contribution in [0.3, 0.4) is 0 Å². The zero-order valence-corrected chi connectivity index (χ0v) is 11.4. The molecule has 0 amide bonds. The van der Waals surface area contributed by atoms with Gasteiger partial charge in [0.2, 0.25) is 0 Å². The van der Waals surface area contributed by atoms with Crippen LogP contribution in [0.25, 0.3) is 11.8 Å². The van der Waals surface area contributed by atoms with Crippen molar-refractivity contribution in [2.45, 2.75) is 20.8 Å². The van der Waals surface area contributed by atoms with Crippen LogP contribution in [0.15, 0.2) is 43.0 Å². The van der Waals surface area contributed by atoms with Crippen LogP contribution in [-0.4, -0.2) is 20.5 Å². The smallest absolute Gasteiger partial charge is 0.186 e. The van der Waals surface area contributed by atoms with Gasteiger partial charge in [-0.15, -0.1) is 0 Å². The molecule has 0 fully saturated rings. The lowest BCUT2D eigenvalue weighted by Crippen LogP contribution is -2.24. The van der Waals surface area contributed by atoms with Crippen molar-refractivity contribution in [3.8, 4) is 0 Å². The van der Waals surface area contributed by atoms with Gasteiger partial charge in [-0.2, -0.15) is 5.10 Å². The lowest BCUT2D eigenvalue weighted by atomic mass is 9.88. The maximum atomic E-state index is 12.5. The largest absolute Gasteiger partial charge is 0.292 e. The first-order chi connectivity index (χ1) is 8.98. The molecular formula is C15H17N3O. The van der Waals surface area contributed by atoms with Crippen molar-refractivity contribution in [2.75, 3.05) is 0 Å². The number of carbonyl (C=O) groups excluding carboxylic acids is 1. The molecular weight excluding hydrogens is 238 g/mol. The van der Waals surface area contributed by atoms with Gasteiger partial charge in [-0.1, -0.05) is 51.1 Å². The second-order valence-corrected chi connectivity index (χ2v) is 5.36. The number of hydrogen-bond donors (Lipinski definition) is 0. The molecule has 0 atom stereocenters. The van der Waals surface area contributed by atoms with Gasteiger partial charge < -0.3 is 0 Å². The Morgan fingerprint density at radius 1 is 1.21 bits per heavy atom. The third kappa shape index (κ3) is 3.16. The summed E-state index contributed by atoms with van der Waals surface area (Å²) in [5, 5.41) is 4.06. The molecule has 98 valence electrons. The summed E-state index contributed by atoms with van der Waals surface area (Å²) in [7, 11) is 0. The molecule has 19 heavy (non-hydrogen) atoms. The van der Waals surface area contributed by atoms with Gasteiger partial charge in [0.1, 0.15) is 18.4 Å². The summed E-state index contributed by atoms with van der Waals surface area (Å²) in [5.41, 5.74) is 1.02. The lowest BCUT2D eigenvalue weighted by Gasteiger charge is -2.18. The summed E-state index contributed by atoms with van der Waals surface area (Å²) in [6, 6.07) is 9.72. The Labute approximate surface area is 112 Å². The molecule has 0 bridgehead atoms. The van der Waals surface area contributed by atoms with Crippen LogP contribution in [0.4, 0.5) is 0 Å². The molecule has 0 spiro atoms. The van der Waals surface area contributed by atoms with Crippen LogP contribution in [0.5, 0.6) is 0 Å². The van der Waals surface area contributed by atoms with Gasteiger partial charge in [-0.3, -0.25) is 4.79 Å². The molecule has 4 heteroatoms. The van der Waals surface area contributed by atoms with E-state index in [9.17, 15) is 4.79 Å². The number of hydrogen-bond acceptors (Lipinski definition) is 3. The van der Waals surface area contributed by atoms with Crippen molar-refractivity contribution < 1.29 is 4.79 Å². The fourth-order valence-electron chi connectivity index (χ4n) is 1.66. The molecule has 4 nitrogen and oxygen atoms in total. The highest BCUT2D eigenvalue weighted by molar-refractivity contribution is 6.21. The standard InChI is InChI=1S/C15H17N3O/c1-15(2,3)14(19)13(18-11-16-10-17-18)9-12-7-5-4-6-8-12/h4-11H,1-3H3/b13-9-. The second-order valence-electron chi connectivity index (χ2n) is 5.36. The van der Waals surface area contributed by atoms with Crippen molar-refractivity contribution >= 4 is 17.6 Å². The summed E-state index contributed by atoms with van der Waals surface area (Å²) in [6.45, 7) is 5.68. The fraction of sp³-hybridized carbons (Fsp3) is 0.267. The number of rotatable bonds is 3. The molecule has 0 aliphatic carbocycles. The number of Topliss-reactive ketones (excluding diaryl/α,β-unsaturated/α-hetero) is 1. The fourth-order valence-corrected chi connectivity index (χ4v) is 1.66. The van der Waals surface area contributed by atoms with E-state index in [1.54, 1.807) is 6.33 Å². The summed E-state index contributed by atoms with van der Waals surface area (Å²) in [4.78, 5) is 16.4. The molecule has 1 heterocycles. The Balaban J connectivity index is 2.47. The number of carbonyl (C=O) groups is 1. The number of allylic oxidation sites excluding steroid dienone is 1. The Kier molecular flexibility index (Phi) is 3.60. The number of benzene rings is 1. The van der Waals surface area contributed by atoms with Gasteiger partial charge in [-0.05, 0) is 11.6 Å². The normalized spacial score (nSPS) is 12.5. The molecule has 0 saturated carbocycles. The van der Waals surface area contributed by atoms with Crippen LogP contribution < -0.4 is 0 Å². The van der Waals surface area contributed by atoms with Crippen LogP contribution in [-0.2, 0) is 4.79 Å². The Hall–Kier alpha value is -2.23. The van der Waals surface area contributed by atoms with Crippen LogP contribution in [0.2, 0.25) is 0 Å². The third-order valence-corrected chi connectivity index (χ3v) is 2.68. The van der Waals surface area contributed by atoms with Crippen molar-refractivity contribution in [3.63, 3.8) is 0 Å². The molecule has 2 aromatic rings. The van der Waals surface area contributed by atoms with Gasteiger partial charge in [0.25, 0.3) is 0 Å². The van der Waals surface area contributed by atoms with E-state index in [1.165, 1.54) is 11.0 Å². The van der Waals surface area contributed by atoms with E-state index < -0.39 is 5.41 Å². The predicted octanol–water partition coefficient (Wildman–Crippen LogP) is 2.89. The summed E-state index contributed by atoms with van der Waals surface area (Å²) in [6.07, 6.45) is 4.80. The van der Waals surface area contributed by atoms with E-state index in [1.807, 2.05) is 57.2 Å². The Morgan fingerprint density at radius 2 is 1.89 bits per heavy atom. The first-order valence-corrected chi connectivity index (χ1v) is 6.15. The molecule has 0 saturated heterocycles. The minimum atomic E-state index is -0.466. The molecule has 1 aromatic heterocycles. The average molecular weight is 255 g/mol. The van der Waals surface area contributed by atoms with E-state index in [0.717, 1.165) is 5.56 Å². The summed E-state index contributed by atoms with van der Waals surface area (Å²) in [5.74, 6) is 0.0295. The van der Waals surface area contributed by atoms with Gasteiger partial charge in [0, 0.05) is 5.41 Å². The van der Waals surface area contributed by atoms with Gasteiger partial charge in [0.05, 0.1) is 0 Å². The second kappa shape index (κ2) is 5.18. The molecule has 0 unspecified atom stereocenters. The zero-order chi connectivity index (χ0) is 13.9. The lowest BCUT2D eigenvalue weighted by molar-refractivity contribution is -0.120. The number of aromatic nitrogens is 3. The first kappa shape index (κ1) is 13.2. The van der Waals surface area contributed by atoms with Crippen molar-refractivity contribution in [1.82, 2.24) is 14.8 Å². The van der Waals surface area contributed by atoms with E-state index >= 15 is 0 Å². The maximum Gasteiger partial charge on any atom is 0.186 e. The minimum Gasteiger partial charge on any atom is -0.292 e. The van der Waals surface area contributed by atoms with Crippen molar-refractivity contribution in [1.29, 1.82) is 0 Å². The molecule has 0 aliphatic rings. The monoisotopic (exact) mass is 255 g/mol. The molecule has 0 aliphatic heterocycles. The average Bonchev–Trinajstić information content (AvgIpc) is 2.89. The highest BCUT2D eigenvalue weighted by atomic mass is 16.1. The zero-order valence-electron chi connectivity index (χ0n) is 11.4. The van der Waals surface area contributed by atoms with Gasteiger partial charge in [0.15, 0.2) is 5.78 Å². The van der Waals surface area contributed by atoms with Gasteiger partial charge in [-0.25, -0.2) is 9.67 Å². The van der Waals surface area contributed by atoms with E-state index in [-0.39, 0.29) is 5.78 Å². The first-order valence-electron chi connectivity index (χ1n) is 6.15. The quantitative estimate of drug-likeness (QED) is 0.792. The summed E-state index contributed by atoms with van der Waals surface area (Å²) < 4.78 is 1.51. The van der Waals surface area contributed by atoms with Crippen molar-refractivity contribution in [2.24, 2.45) is 5.41 Å². The predicted molar refractivity (Wildman–Crippen MR) is 75.1 cm³/mol. The number of nitrogens with zero attached hydrogens (tertiary/aromatic N) is 3. The highest BCUT2D eigenvalue weighted by Gasteiger charge is 2.26. The Morgan fingerprint density at radius 3 is 2.42 bits per heavy atom. The topological polar surface area (TPSA) is 47.8 Å². The highest BCUT2D eigenvalue weighted by Crippen LogP contribution is 2.23. The Bertz CT molecular complexity index is 578. The van der Waals surface area contributed by atoms with Crippen LogP contribution in [0, 0.1) is 5.41 Å².